The van der Waals surface area contributed by atoms with Crippen LogP contribution in [-0.4, -0.2) is 0 Å². The van der Waals surface area contributed by atoms with Crippen molar-refractivity contribution in [3.8, 4) is 12.3 Å². The van der Waals surface area contributed by atoms with Gasteiger partial charge in [0.2, 0.25) is 0 Å². The lowest BCUT2D eigenvalue weighted by Gasteiger charge is -2.36. The van der Waals surface area contributed by atoms with Crippen LogP contribution in [0, 0.1) is 23.8 Å². The summed E-state index contributed by atoms with van der Waals surface area (Å²) in [6, 6.07) is 0. The van der Waals surface area contributed by atoms with Crippen molar-refractivity contribution in [2.75, 3.05) is 0 Å². The van der Waals surface area contributed by atoms with Crippen LogP contribution in [0.5, 0.6) is 0 Å². The van der Waals surface area contributed by atoms with Gasteiger partial charge < -0.3 is 0 Å². The van der Waals surface area contributed by atoms with Crippen molar-refractivity contribution in [2.24, 2.45) is 5.41 Å². The molecule has 0 heterocycles. The smallest absolute Gasteiger partial charge is 0.0105 e. The minimum atomic E-state index is 0.0854. The van der Waals surface area contributed by atoms with Crippen LogP contribution >= 0.6 is 0 Å². The first kappa shape index (κ1) is 15.5. The molecule has 0 amide bonds. The van der Waals surface area contributed by atoms with Crippen LogP contribution < -0.4 is 0 Å². The van der Waals surface area contributed by atoms with Gasteiger partial charge >= 0.3 is 0 Å². The van der Waals surface area contributed by atoms with E-state index < -0.39 is 0 Å². The van der Waals surface area contributed by atoms with E-state index in [-0.39, 0.29) is 5.41 Å². The summed E-state index contributed by atoms with van der Waals surface area (Å²) in [4.78, 5) is 0. The van der Waals surface area contributed by atoms with Crippen LogP contribution in [0.15, 0.2) is 53.0 Å². The van der Waals surface area contributed by atoms with Gasteiger partial charge in [0.25, 0.3) is 0 Å². The highest BCUT2D eigenvalue weighted by Crippen LogP contribution is 2.46. The van der Waals surface area contributed by atoms with E-state index in [1.54, 1.807) is 0 Å². The lowest BCUT2D eigenvalue weighted by atomic mass is 9.67. The third-order valence-corrected chi connectivity index (χ3v) is 4.44. The van der Waals surface area contributed by atoms with Crippen molar-refractivity contribution >= 4 is 0 Å². The average molecular weight is 275 g/mol. The molecule has 107 valence electrons. The second kappa shape index (κ2) is 6.69. The fourth-order valence-corrected chi connectivity index (χ4v) is 3.39. The van der Waals surface area contributed by atoms with Gasteiger partial charge in [-0.1, -0.05) is 37.7 Å². The first-order valence-electron chi connectivity index (χ1n) is 7.67. The zero-order valence-corrected chi connectivity index (χ0v) is 13.0. The van der Waals surface area contributed by atoms with Crippen molar-refractivity contribution in [1.29, 1.82) is 0 Å². The topological polar surface area (TPSA) is 0 Å². The largest absolute Gasteiger partial charge is 0.124 e. The normalized spacial score (nSPS) is 24.4. The Balaban J connectivity index is 2.24. The third kappa shape index (κ3) is 3.59. The second-order valence-corrected chi connectivity index (χ2v) is 6.25. The van der Waals surface area contributed by atoms with Gasteiger partial charge in [-0.25, -0.2) is 0 Å². The quantitative estimate of drug-likeness (QED) is 0.363. The van der Waals surface area contributed by atoms with Crippen molar-refractivity contribution in [3.63, 3.8) is 0 Å². The predicted molar refractivity (Wildman–Crippen MR) is 89.4 cm³/mol. The number of rotatable bonds is 4. The summed E-state index contributed by atoms with van der Waals surface area (Å²) in [7, 11) is 0. The SMILES string of the molecule is C#CC(=C)CC1=CCCC(C)(C(=C=C)C2=C=[C]CCC2)C1. The molecule has 0 fully saturated rings. The molecule has 1 radical (unpaired) electrons. The molecular weight excluding hydrogens is 252 g/mol. The molecule has 0 aromatic carbocycles. The van der Waals surface area contributed by atoms with E-state index in [2.05, 4.69) is 49.6 Å². The van der Waals surface area contributed by atoms with E-state index >= 15 is 0 Å². The van der Waals surface area contributed by atoms with Crippen LogP contribution in [0.3, 0.4) is 0 Å². The Bertz CT molecular complexity index is 619. The molecule has 0 aromatic rings. The fourth-order valence-electron chi connectivity index (χ4n) is 3.39. The molecule has 2 aliphatic carbocycles. The van der Waals surface area contributed by atoms with Gasteiger partial charge in [-0.3, -0.25) is 0 Å². The zero-order valence-electron chi connectivity index (χ0n) is 13.0. The maximum absolute atomic E-state index is 5.43. The van der Waals surface area contributed by atoms with Crippen LogP contribution in [-0.2, 0) is 0 Å². The predicted octanol–water partition coefficient (Wildman–Crippen LogP) is 5.46. The minimum absolute atomic E-state index is 0.0854. The Morgan fingerprint density at radius 1 is 1.52 bits per heavy atom. The minimum Gasteiger partial charge on any atom is -0.124 e. The van der Waals surface area contributed by atoms with Crippen LogP contribution in [0.2, 0.25) is 0 Å². The molecule has 0 heteroatoms. The van der Waals surface area contributed by atoms with Gasteiger partial charge in [-0.2, -0.15) is 0 Å². The Morgan fingerprint density at radius 3 is 2.95 bits per heavy atom. The van der Waals surface area contributed by atoms with Crippen LogP contribution in [0.1, 0.15) is 51.9 Å². The Kier molecular flexibility index (Phi) is 4.93. The molecule has 0 nitrogen and oxygen atoms in total. The molecular formula is C21H23. The highest BCUT2D eigenvalue weighted by Gasteiger charge is 2.33. The molecule has 0 aliphatic heterocycles. The van der Waals surface area contributed by atoms with E-state index in [1.807, 2.05) is 0 Å². The summed E-state index contributed by atoms with van der Waals surface area (Å²) in [5.74, 6) is 2.65. The van der Waals surface area contributed by atoms with Gasteiger partial charge in [-0.05, 0) is 44.1 Å². The number of hydrogen-bond donors (Lipinski definition) is 0. The fraction of sp³-hybridized carbons (Fsp3) is 0.429. The molecule has 0 saturated carbocycles. The van der Waals surface area contributed by atoms with Gasteiger partial charge in [0.05, 0.1) is 0 Å². The van der Waals surface area contributed by atoms with Crippen molar-refractivity contribution in [2.45, 2.75) is 51.9 Å². The number of allylic oxidation sites excluding steroid dienone is 5. The van der Waals surface area contributed by atoms with E-state index in [1.165, 1.54) is 16.7 Å². The summed E-state index contributed by atoms with van der Waals surface area (Å²) in [5, 5.41) is 0. The molecule has 2 rings (SSSR count). The molecule has 0 saturated heterocycles. The van der Waals surface area contributed by atoms with E-state index in [0.29, 0.717) is 0 Å². The summed E-state index contributed by atoms with van der Waals surface area (Å²) in [6.07, 6.45) is 18.2. The second-order valence-electron chi connectivity index (χ2n) is 6.25. The molecule has 0 spiro atoms. The Labute approximate surface area is 129 Å². The molecule has 1 unspecified atom stereocenters. The summed E-state index contributed by atoms with van der Waals surface area (Å²) < 4.78 is 0. The van der Waals surface area contributed by atoms with E-state index in [0.717, 1.165) is 50.5 Å². The van der Waals surface area contributed by atoms with E-state index in [9.17, 15) is 0 Å². The first-order chi connectivity index (χ1) is 10.1. The molecule has 2 aliphatic rings. The van der Waals surface area contributed by atoms with E-state index in [4.69, 9.17) is 6.42 Å². The average Bonchev–Trinajstić information content (AvgIpc) is 2.48. The first-order valence-corrected chi connectivity index (χ1v) is 7.67. The van der Waals surface area contributed by atoms with Crippen LogP contribution in [0.4, 0.5) is 0 Å². The van der Waals surface area contributed by atoms with Gasteiger partial charge in [0.1, 0.15) is 0 Å². The Hall–Kier alpha value is -1.92. The monoisotopic (exact) mass is 275 g/mol. The standard InChI is InChI=1S/C21H23/c1-5-17(3)15-18-11-10-14-21(4,16-18)20(6-2)19-12-8-7-9-13-19/h1,11H,2-3,7-8,10,12,14-16H2,4H3. The van der Waals surface area contributed by atoms with Crippen molar-refractivity contribution < 1.29 is 0 Å². The van der Waals surface area contributed by atoms with Gasteiger partial charge in [0, 0.05) is 29.1 Å². The van der Waals surface area contributed by atoms with Crippen LogP contribution in [0.25, 0.3) is 0 Å². The van der Waals surface area contributed by atoms with Crippen molar-refractivity contribution in [1.82, 2.24) is 0 Å². The summed E-state index contributed by atoms with van der Waals surface area (Å²) in [5.41, 5.74) is 11.3. The summed E-state index contributed by atoms with van der Waals surface area (Å²) in [6.45, 7) is 10.2. The lowest BCUT2D eigenvalue weighted by Crippen LogP contribution is -2.24. The van der Waals surface area contributed by atoms with Gasteiger partial charge in [0.15, 0.2) is 0 Å². The molecule has 21 heavy (non-hydrogen) atoms. The highest BCUT2D eigenvalue weighted by molar-refractivity contribution is 5.39. The highest BCUT2D eigenvalue weighted by atomic mass is 14.4. The zero-order chi connectivity index (χ0) is 15.3. The molecule has 0 aromatic heterocycles. The number of hydrogen-bond acceptors (Lipinski definition) is 0. The summed E-state index contributed by atoms with van der Waals surface area (Å²) >= 11 is 0. The molecule has 1 atom stereocenters. The third-order valence-electron chi connectivity index (χ3n) is 4.44. The Morgan fingerprint density at radius 2 is 2.33 bits per heavy atom. The maximum atomic E-state index is 5.43. The van der Waals surface area contributed by atoms with Gasteiger partial charge in [-0.15, -0.1) is 17.9 Å². The maximum Gasteiger partial charge on any atom is 0.0105 e. The number of terminal acetylenes is 1. The molecule has 0 N–H and O–H groups in total. The molecule has 0 bridgehead atoms. The lowest BCUT2D eigenvalue weighted by molar-refractivity contribution is 0.348. The van der Waals surface area contributed by atoms with Crippen molar-refractivity contribution in [3.05, 3.63) is 59.1 Å².